The van der Waals surface area contributed by atoms with Crippen molar-refractivity contribution < 1.29 is 9.53 Å². The van der Waals surface area contributed by atoms with Crippen molar-refractivity contribution in [3.8, 4) is 0 Å². The quantitative estimate of drug-likeness (QED) is 0.620. The van der Waals surface area contributed by atoms with Crippen molar-refractivity contribution in [1.29, 1.82) is 0 Å². The van der Waals surface area contributed by atoms with Crippen LogP contribution in [0.5, 0.6) is 0 Å². The highest BCUT2D eigenvalue weighted by atomic mass is 16.6. The SMILES string of the molecule is CC(C)(C)OC(=O)C(CN)CCN. The normalized spacial score (nSPS) is 13.9. The molecule has 0 spiro atoms. The zero-order valence-corrected chi connectivity index (χ0v) is 8.67. The first kappa shape index (κ1) is 12.4. The maximum atomic E-state index is 11.4. The number of carbonyl (C=O) groups is 1. The number of nitrogens with two attached hydrogens (primary N) is 2. The molecule has 78 valence electrons. The molecule has 0 aromatic heterocycles. The Morgan fingerprint density at radius 3 is 2.23 bits per heavy atom. The van der Waals surface area contributed by atoms with Gasteiger partial charge >= 0.3 is 5.97 Å². The molecule has 0 radical (unpaired) electrons. The Hall–Kier alpha value is -0.610. The van der Waals surface area contributed by atoms with Crippen molar-refractivity contribution in [3.05, 3.63) is 0 Å². The fraction of sp³-hybridized carbons (Fsp3) is 0.889. The van der Waals surface area contributed by atoms with Crippen LogP contribution in [0.1, 0.15) is 27.2 Å². The summed E-state index contributed by atoms with van der Waals surface area (Å²) in [7, 11) is 0. The fourth-order valence-corrected chi connectivity index (χ4v) is 0.918. The Morgan fingerprint density at radius 2 is 1.92 bits per heavy atom. The lowest BCUT2D eigenvalue weighted by Gasteiger charge is -2.22. The van der Waals surface area contributed by atoms with Crippen LogP contribution in [0.3, 0.4) is 0 Å². The zero-order valence-electron chi connectivity index (χ0n) is 8.67. The maximum absolute atomic E-state index is 11.4. The fourth-order valence-electron chi connectivity index (χ4n) is 0.918. The highest BCUT2D eigenvalue weighted by Gasteiger charge is 2.23. The van der Waals surface area contributed by atoms with Gasteiger partial charge in [0.25, 0.3) is 0 Å². The van der Waals surface area contributed by atoms with E-state index < -0.39 is 5.60 Å². The molecule has 4 nitrogen and oxygen atoms in total. The molecule has 4 N–H and O–H groups in total. The molecule has 0 aliphatic rings. The minimum absolute atomic E-state index is 0.250. The van der Waals surface area contributed by atoms with Gasteiger partial charge in [0.2, 0.25) is 0 Å². The van der Waals surface area contributed by atoms with Gasteiger partial charge in [0.1, 0.15) is 5.60 Å². The second-order valence-electron chi connectivity index (χ2n) is 4.04. The second-order valence-corrected chi connectivity index (χ2v) is 4.04. The van der Waals surface area contributed by atoms with Crippen molar-refractivity contribution in [2.24, 2.45) is 17.4 Å². The van der Waals surface area contributed by atoms with Gasteiger partial charge < -0.3 is 16.2 Å². The van der Waals surface area contributed by atoms with Crippen LogP contribution in [0.4, 0.5) is 0 Å². The topological polar surface area (TPSA) is 78.3 Å². The van der Waals surface area contributed by atoms with Gasteiger partial charge in [-0.15, -0.1) is 0 Å². The molecule has 0 aliphatic carbocycles. The van der Waals surface area contributed by atoms with Crippen LogP contribution in [-0.4, -0.2) is 24.7 Å². The van der Waals surface area contributed by atoms with Gasteiger partial charge in [0, 0.05) is 6.54 Å². The van der Waals surface area contributed by atoms with E-state index in [4.69, 9.17) is 16.2 Å². The Kier molecular flexibility index (Phi) is 4.95. The summed E-state index contributed by atoms with van der Waals surface area (Å²) in [6.45, 7) is 6.26. The molecule has 0 bridgehead atoms. The summed E-state index contributed by atoms with van der Waals surface area (Å²) >= 11 is 0. The van der Waals surface area contributed by atoms with E-state index in [-0.39, 0.29) is 11.9 Å². The third-order valence-corrected chi connectivity index (χ3v) is 1.54. The molecular weight excluding hydrogens is 168 g/mol. The maximum Gasteiger partial charge on any atom is 0.310 e. The van der Waals surface area contributed by atoms with E-state index in [1.165, 1.54) is 0 Å². The smallest absolute Gasteiger partial charge is 0.310 e. The lowest BCUT2D eigenvalue weighted by atomic mass is 10.1. The summed E-state index contributed by atoms with van der Waals surface area (Å²) < 4.78 is 5.17. The van der Waals surface area contributed by atoms with E-state index in [0.29, 0.717) is 19.5 Å². The molecular formula is C9H20N2O2. The predicted octanol–water partition coefficient (Wildman–Crippen LogP) is 0.252. The molecule has 1 unspecified atom stereocenters. The summed E-state index contributed by atoms with van der Waals surface area (Å²) in [5, 5.41) is 0. The number of carbonyl (C=O) groups excluding carboxylic acids is 1. The summed E-state index contributed by atoms with van der Waals surface area (Å²) in [5.74, 6) is -0.510. The standard InChI is InChI=1S/C9H20N2O2/c1-9(2,3)13-8(12)7(6-11)4-5-10/h7H,4-6,10-11H2,1-3H3. The van der Waals surface area contributed by atoms with Gasteiger partial charge in [0.05, 0.1) is 5.92 Å². The summed E-state index contributed by atoms with van der Waals surface area (Å²) in [6, 6.07) is 0. The van der Waals surface area contributed by atoms with Crippen LogP contribution in [0.15, 0.2) is 0 Å². The molecule has 0 aliphatic heterocycles. The Morgan fingerprint density at radius 1 is 1.38 bits per heavy atom. The van der Waals surface area contributed by atoms with Gasteiger partial charge in [-0.25, -0.2) is 0 Å². The Bertz CT molecular complexity index is 163. The largest absolute Gasteiger partial charge is 0.460 e. The Labute approximate surface area is 79.6 Å². The van der Waals surface area contributed by atoms with Crippen LogP contribution >= 0.6 is 0 Å². The number of hydrogen-bond acceptors (Lipinski definition) is 4. The summed E-state index contributed by atoms with van der Waals surface area (Å²) in [5.41, 5.74) is 10.3. The lowest BCUT2D eigenvalue weighted by Crippen LogP contribution is -2.33. The second kappa shape index (κ2) is 5.19. The number of rotatable bonds is 4. The zero-order chi connectivity index (χ0) is 10.5. The summed E-state index contributed by atoms with van der Waals surface area (Å²) in [4.78, 5) is 11.4. The third kappa shape index (κ3) is 5.60. The van der Waals surface area contributed by atoms with Gasteiger partial charge in [-0.2, -0.15) is 0 Å². The van der Waals surface area contributed by atoms with Gasteiger partial charge in [-0.05, 0) is 33.7 Å². The first-order valence-corrected chi connectivity index (χ1v) is 4.53. The lowest BCUT2D eigenvalue weighted by molar-refractivity contribution is -0.159. The van der Waals surface area contributed by atoms with E-state index in [1.54, 1.807) is 0 Å². The number of ether oxygens (including phenoxy) is 1. The monoisotopic (exact) mass is 188 g/mol. The van der Waals surface area contributed by atoms with Crippen molar-refractivity contribution >= 4 is 5.97 Å². The molecule has 0 aromatic carbocycles. The van der Waals surface area contributed by atoms with Crippen molar-refractivity contribution in [1.82, 2.24) is 0 Å². The average molecular weight is 188 g/mol. The van der Waals surface area contributed by atoms with E-state index >= 15 is 0 Å². The molecule has 0 fully saturated rings. The van der Waals surface area contributed by atoms with E-state index in [1.807, 2.05) is 20.8 Å². The molecule has 0 heterocycles. The third-order valence-electron chi connectivity index (χ3n) is 1.54. The first-order valence-electron chi connectivity index (χ1n) is 4.53. The molecule has 0 amide bonds. The van der Waals surface area contributed by atoms with Crippen molar-refractivity contribution in [3.63, 3.8) is 0 Å². The van der Waals surface area contributed by atoms with E-state index in [2.05, 4.69) is 0 Å². The predicted molar refractivity (Wildman–Crippen MR) is 52.1 cm³/mol. The minimum atomic E-state index is -0.445. The van der Waals surface area contributed by atoms with Crippen molar-refractivity contribution in [2.45, 2.75) is 32.8 Å². The average Bonchev–Trinajstić information content (AvgIpc) is 1.96. The molecule has 4 heteroatoms. The molecule has 1 atom stereocenters. The highest BCUT2D eigenvalue weighted by molar-refractivity contribution is 5.73. The molecule has 0 rings (SSSR count). The van der Waals surface area contributed by atoms with Crippen molar-refractivity contribution in [2.75, 3.05) is 13.1 Å². The molecule has 0 saturated heterocycles. The molecule has 0 aromatic rings. The van der Waals surface area contributed by atoms with Crippen LogP contribution in [-0.2, 0) is 9.53 Å². The first-order chi connectivity index (χ1) is 5.90. The Balaban J connectivity index is 4.06. The van der Waals surface area contributed by atoms with Gasteiger partial charge in [-0.1, -0.05) is 0 Å². The number of hydrogen-bond donors (Lipinski definition) is 2. The molecule has 13 heavy (non-hydrogen) atoms. The van der Waals surface area contributed by atoms with Crippen LogP contribution in [0, 0.1) is 5.92 Å². The van der Waals surface area contributed by atoms with Crippen LogP contribution in [0.2, 0.25) is 0 Å². The van der Waals surface area contributed by atoms with Crippen LogP contribution in [0.25, 0.3) is 0 Å². The van der Waals surface area contributed by atoms with E-state index in [0.717, 1.165) is 0 Å². The summed E-state index contributed by atoms with van der Waals surface area (Å²) in [6.07, 6.45) is 0.589. The van der Waals surface area contributed by atoms with E-state index in [9.17, 15) is 4.79 Å². The van der Waals surface area contributed by atoms with Gasteiger partial charge in [0.15, 0.2) is 0 Å². The number of esters is 1. The highest BCUT2D eigenvalue weighted by Crippen LogP contribution is 2.12. The van der Waals surface area contributed by atoms with Gasteiger partial charge in [-0.3, -0.25) is 4.79 Å². The minimum Gasteiger partial charge on any atom is -0.460 e. The molecule has 0 saturated carbocycles. The van der Waals surface area contributed by atoms with Crippen LogP contribution < -0.4 is 11.5 Å².